The molecule has 5 nitrogen and oxygen atoms in total. The highest BCUT2D eigenvalue weighted by molar-refractivity contribution is 7.89. The Balaban J connectivity index is 2.45. The molecule has 1 rings (SSSR count). The number of hydrogen-bond acceptors (Lipinski definition) is 3. The van der Waals surface area contributed by atoms with Gasteiger partial charge < -0.3 is 5.73 Å². The molecule has 0 aliphatic heterocycles. The third-order valence-corrected chi connectivity index (χ3v) is 4.05. The van der Waals surface area contributed by atoms with Crippen molar-refractivity contribution >= 4 is 15.9 Å². The molecule has 0 aromatic rings. The predicted octanol–water partition coefficient (Wildman–Crippen LogP) is 0.963. The monoisotopic (exact) mass is 287 g/mol. The molecule has 0 amide bonds. The maximum atomic E-state index is 11.9. The van der Waals surface area contributed by atoms with Crippen molar-refractivity contribution in [1.29, 1.82) is 5.41 Å². The summed E-state index contributed by atoms with van der Waals surface area (Å²) in [4.78, 5) is 0. The highest BCUT2D eigenvalue weighted by Gasteiger charge is 2.36. The van der Waals surface area contributed by atoms with Crippen LogP contribution in [0.2, 0.25) is 0 Å². The highest BCUT2D eigenvalue weighted by Crippen LogP contribution is 2.33. The van der Waals surface area contributed by atoms with E-state index in [1.165, 1.54) is 0 Å². The van der Waals surface area contributed by atoms with Crippen LogP contribution in [-0.4, -0.2) is 32.2 Å². The average molecular weight is 287 g/mol. The molecule has 0 saturated heterocycles. The number of nitrogens with two attached hydrogens (primary N) is 1. The van der Waals surface area contributed by atoms with Crippen LogP contribution in [0.1, 0.15) is 25.7 Å². The summed E-state index contributed by atoms with van der Waals surface area (Å²) < 4.78 is 60.9. The van der Waals surface area contributed by atoms with Gasteiger partial charge in [0.1, 0.15) is 5.84 Å². The largest absolute Gasteiger partial charge is 0.389 e. The second-order valence-electron chi connectivity index (χ2n) is 4.43. The minimum Gasteiger partial charge on any atom is -0.386 e. The fourth-order valence-corrected chi connectivity index (χ4v) is 2.91. The summed E-state index contributed by atoms with van der Waals surface area (Å²) in [5.41, 5.74) is 5.26. The first-order chi connectivity index (χ1) is 8.11. The van der Waals surface area contributed by atoms with Crippen LogP contribution in [0.15, 0.2) is 0 Å². The van der Waals surface area contributed by atoms with Gasteiger partial charge in [0.15, 0.2) is 0 Å². The number of halogens is 3. The molecular formula is C9H16F3N3O2S. The van der Waals surface area contributed by atoms with Gasteiger partial charge in [-0.1, -0.05) is 0 Å². The van der Waals surface area contributed by atoms with Crippen molar-refractivity contribution in [2.75, 3.05) is 5.75 Å². The predicted molar refractivity (Wildman–Crippen MR) is 60.6 cm³/mol. The first-order valence-electron chi connectivity index (χ1n) is 5.51. The fourth-order valence-electron chi connectivity index (χ4n) is 1.56. The Morgan fingerprint density at radius 3 is 2.39 bits per heavy atom. The minimum atomic E-state index is -4.36. The van der Waals surface area contributed by atoms with Crippen LogP contribution in [0.4, 0.5) is 13.2 Å². The quantitative estimate of drug-likeness (QED) is 0.480. The molecule has 1 fully saturated rings. The molecule has 18 heavy (non-hydrogen) atoms. The first-order valence-corrected chi connectivity index (χ1v) is 7.16. The van der Waals surface area contributed by atoms with Gasteiger partial charge in [0, 0.05) is 6.42 Å². The number of rotatable bonds is 7. The fraction of sp³-hybridized carbons (Fsp3) is 0.889. The van der Waals surface area contributed by atoms with E-state index in [4.69, 9.17) is 11.1 Å². The van der Waals surface area contributed by atoms with Gasteiger partial charge in [0.25, 0.3) is 0 Å². The summed E-state index contributed by atoms with van der Waals surface area (Å²) in [5, 5.41) is 7.25. The normalized spacial score (nSPS) is 18.6. The van der Waals surface area contributed by atoms with E-state index in [0.717, 1.165) is 12.8 Å². The topological polar surface area (TPSA) is 96.0 Å². The SMILES string of the molecule is N=C(N)C(NS(=O)(=O)CCCC(F)(F)F)C1CC1. The van der Waals surface area contributed by atoms with Crippen molar-refractivity contribution in [2.24, 2.45) is 11.7 Å². The van der Waals surface area contributed by atoms with Crippen LogP contribution in [0.25, 0.3) is 0 Å². The van der Waals surface area contributed by atoms with E-state index < -0.39 is 40.8 Å². The molecule has 1 atom stereocenters. The van der Waals surface area contributed by atoms with Crippen molar-refractivity contribution in [1.82, 2.24) is 4.72 Å². The van der Waals surface area contributed by atoms with Crippen LogP contribution in [0.3, 0.4) is 0 Å². The lowest BCUT2D eigenvalue weighted by molar-refractivity contribution is -0.134. The van der Waals surface area contributed by atoms with Gasteiger partial charge >= 0.3 is 6.18 Å². The number of nitrogens with one attached hydrogen (secondary N) is 2. The zero-order chi connectivity index (χ0) is 14.0. The van der Waals surface area contributed by atoms with Gasteiger partial charge in [-0.25, -0.2) is 13.1 Å². The summed E-state index contributed by atoms with van der Waals surface area (Å²) in [7, 11) is -3.82. The highest BCUT2D eigenvalue weighted by atomic mass is 32.2. The Morgan fingerprint density at radius 1 is 1.44 bits per heavy atom. The summed E-state index contributed by atoms with van der Waals surface area (Å²) in [5.74, 6) is -0.903. The Hall–Kier alpha value is -0.830. The summed E-state index contributed by atoms with van der Waals surface area (Å²) >= 11 is 0. The van der Waals surface area contributed by atoms with Crippen LogP contribution in [0.5, 0.6) is 0 Å². The van der Waals surface area contributed by atoms with Crippen molar-refractivity contribution in [3.63, 3.8) is 0 Å². The van der Waals surface area contributed by atoms with Crippen molar-refractivity contribution in [3.8, 4) is 0 Å². The zero-order valence-corrected chi connectivity index (χ0v) is 10.4. The van der Waals surface area contributed by atoms with E-state index >= 15 is 0 Å². The maximum Gasteiger partial charge on any atom is 0.389 e. The van der Waals surface area contributed by atoms with Gasteiger partial charge in [-0.2, -0.15) is 13.2 Å². The van der Waals surface area contributed by atoms with E-state index in [9.17, 15) is 21.6 Å². The van der Waals surface area contributed by atoms with E-state index in [1.807, 2.05) is 0 Å². The molecule has 1 aliphatic rings. The lowest BCUT2D eigenvalue weighted by Crippen LogP contribution is -2.46. The van der Waals surface area contributed by atoms with E-state index in [-0.39, 0.29) is 11.8 Å². The smallest absolute Gasteiger partial charge is 0.386 e. The van der Waals surface area contributed by atoms with E-state index in [2.05, 4.69) is 4.72 Å². The lowest BCUT2D eigenvalue weighted by atomic mass is 10.2. The molecule has 1 aliphatic carbocycles. The molecule has 0 aromatic carbocycles. The second kappa shape index (κ2) is 5.43. The molecule has 0 aromatic heterocycles. The van der Waals surface area contributed by atoms with E-state index in [1.54, 1.807) is 0 Å². The van der Waals surface area contributed by atoms with Crippen LogP contribution in [0, 0.1) is 11.3 Å². The summed E-state index contributed by atoms with van der Waals surface area (Å²) in [6, 6.07) is -0.777. The third-order valence-electron chi connectivity index (χ3n) is 2.61. The van der Waals surface area contributed by atoms with Gasteiger partial charge in [0.05, 0.1) is 11.8 Å². The van der Waals surface area contributed by atoms with E-state index in [0.29, 0.717) is 0 Å². The molecule has 9 heteroatoms. The van der Waals surface area contributed by atoms with Crippen LogP contribution in [-0.2, 0) is 10.0 Å². The summed E-state index contributed by atoms with van der Waals surface area (Å²) in [6.07, 6.45) is -4.44. The number of alkyl halides is 3. The Bertz CT molecular complexity index is 404. The van der Waals surface area contributed by atoms with Gasteiger partial charge in [0.2, 0.25) is 10.0 Å². The molecule has 0 spiro atoms. The molecular weight excluding hydrogens is 271 g/mol. The molecule has 1 saturated carbocycles. The molecule has 1 unspecified atom stereocenters. The maximum absolute atomic E-state index is 11.9. The first kappa shape index (κ1) is 15.2. The van der Waals surface area contributed by atoms with Gasteiger partial charge in [-0.3, -0.25) is 5.41 Å². The average Bonchev–Trinajstić information content (AvgIpc) is 2.94. The zero-order valence-electron chi connectivity index (χ0n) is 9.63. The lowest BCUT2D eigenvalue weighted by Gasteiger charge is -2.16. The third kappa shape index (κ3) is 5.67. The Kier molecular flexibility index (Phi) is 4.60. The van der Waals surface area contributed by atoms with Crippen molar-refractivity contribution in [2.45, 2.75) is 37.9 Å². The molecule has 106 valence electrons. The Morgan fingerprint density at radius 2 is 2.00 bits per heavy atom. The Labute approximate surface area is 103 Å². The van der Waals surface area contributed by atoms with Crippen molar-refractivity contribution in [3.05, 3.63) is 0 Å². The van der Waals surface area contributed by atoms with Gasteiger partial charge in [-0.15, -0.1) is 0 Å². The second-order valence-corrected chi connectivity index (χ2v) is 6.30. The number of amidine groups is 1. The van der Waals surface area contributed by atoms with Crippen LogP contribution < -0.4 is 10.5 Å². The van der Waals surface area contributed by atoms with Crippen molar-refractivity contribution < 1.29 is 21.6 Å². The minimum absolute atomic E-state index is 0.000101. The molecule has 0 radical (unpaired) electrons. The summed E-state index contributed by atoms with van der Waals surface area (Å²) in [6.45, 7) is 0. The number of sulfonamides is 1. The molecule has 4 N–H and O–H groups in total. The molecule has 0 heterocycles. The number of hydrogen-bond donors (Lipinski definition) is 3. The van der Waals surface area contributed by atoms with Crippen LogP contribution >= 0.6 is 0 Å². The standard InChI is InChI=1S/C9H16F3N3O2S/c10-9(11,12)4-1-5-18(16,17)15-7(8(13)14)6-2-3-6/h6-7,15H,1-5H2,(H3,13,14). The van der Waals surface area contributed by atoms with Gasteiger partial charge in [-0.05, 0) is 25.2 Å². The molecule has 0 bridgehead atoms.